The lowest BCUT2D eigenvalue weighted by molar-refractivity contribution is -0.116. The van der Waals surface area contributed by atoms with Gasteiger partial charge < -0.3 is 15.0 Å². The predicted octanol–water partition coefficient (Wildman–Crippen LogP) is 4.95. The minimum atomic E-state index is -0.408. The molecule has 5 heteroatoms. The minimum absolute atomic E-state index is 0.0841. The number of rotatable bonds is 5. The van der Waals surface area contributed by atoms with Crippen LogP contribution in [-0.4, -0.2) is 32.2 Å². The van der Waals surface area contributed by atoms with Gasteiger partial charge >= 0.3 is 0 Å². The number of ether oxygens (including phenoxy) is 1. The first-order valence-corrected chi connectivity index (χ1v) is 10.1. The SMILES string of the molecule is O=C(Nc1cc(Cl)ccc1N1CCOCC1)C(c1ccccc1)c1ccccc1. The molecule has 1 amide bonds. The van der Waals surface area contributed by atoms with Crippen molar-refractivity contribution in [1.82, 2.24) is 0 Å². The summed E-state index contributed by atoms with van der Waals surface area (Å²) in [5.41, 5.74) is 3.59. The molecule has 1 fully saturated rings. The zero-order valence-corrected chi connectivity index (χ0v) is 16.8. The van der Waals surface area contributed by atoms with Gasteiger partial charge in [-0.3, -0.25) is 4.79 Å². The van der Waals surface area contributed by atoms with Crippen LogP contribution in [0.4, 0.5) is 11.4 Å². The summed E-state index contributed by atoms with van der Waals surface area (Å²) in [7, 11) is 0. The smallest absolute Gasteiger partial charge is 0.236 e. The lowest BCUT2D eigenvalue weighted by atomic mass is 9.90. The fourth-order valence-corrected chi connectivity index (χ4v) is 3.85. The van der Waals surface area contributed by atoms with Gasteiger partial charge in [0.25, 0.3) is 0 Å². The largest absolute Gasteiger partial charge is 0.378 e. The Bertz CT molecular complexity index is 918. The number of carbonyl (C=O) groups excluding carboxylic acids is 1. The second-order valence-electron chi connectivity index (χ2n) is 7.00. The highest BCUT2D eigenvalue weighted by atomic mass is 35.5. The molecule has 3 aromatic carbocycles. The number of nitrogens with one attached hydrogen (secondary N) is 1. The standard InChI is InChI=1S/C24H23ClN2O2/c25-20-11-12-22(27-13-15-29-16-14-27)21(17-20)26-24(28)23(18-7-3-1-4-8-18)19-9-5-2-6-10-19/h1-12,17,23H,13-16H2,(H,26,28). The van der Waals surface area contributed by atoms with E-state index in [-0.39, 0.29) is 5.91 Å². The van der Waals surface area contributed by atoms with Crippen LogP contribution in [-0.2, 0) is 9.53 Å². The van der Waals surface area contributed by atoms with E-state index < -0.39 is 5.92 Å². The molecule has 0 atom stereocenters. The van der Waals surface area contributed by atoms with Gasteiger partial charge in [0.05, 0.1) is 30.5 Å². The van der Waals surface area contributed by atoms with E-state index in [0.717, 1.165) is 35.6 Å². The van der Waals surface area contributed by atoms with Crippen molar-refractivity contribution in [2.45, 2.75) is 5.92 Å². The molecule has 3 aromatic rings. The number of hydrogen-bond donors (Lipinski definition) is 1. The second-order valence-corrected chi connectivity index (χ2v) is 7.44. The molecule has 4 nitrogen and oxygen atoms in total. The summed E-state index contributed by atoms with van der Waals surface area (Å²) in [6.45, 7) is 2.91. The fourth-order valence-electron chi connectivity index (χ4n) is 3.68. The summed E-state index contributed by atoms with van der Waals surface area (Å²) in [6, 6.07) is 25.3. The number of nitrogens with zero attached hydrogens (tertiary/aromatic N) is 1. The first kappa shape index (κ1) is 19.5. The van der Waals surface area contributed by atoms with Gasteiger partial charge in [0.2, 0.25) is 5.91 Å². The van der Waals surface area contributed by atoms with E-state index in [1.54, 1.807) is 0 Å². The summed E-state index contributed by atoms with van der Waals surface area (Å²) in [4.78, 5) is 15.7. The summed E-state index contributed by atoms with van der Waals surface area (Å²) in [6.07, 6.45) is 0. The number of benzene rings is 3. The number of anilines is 2. The molecule has 1 saturated heterocycles. The van der Waals surface area contributed by atoms with Crippen LogP contribution in [0.5, 0.6) is 0 Å². The molecule has 0 radical (unpaired) electrons. The van der Waals surface area contributed by atoms with Gasteiger partial charge in [0.15, 0.2) is 0 Å². The Morgan fingerprint density at radius 1 is 0.897 bits per heavy atom. The molecule has 0 aromatic heterocycles. The van der Waals surface area contributed by atoms with Crippen molar-refractivity contribution in [2.75, 3.05) is 36.5 Å². The zero-order valence-electron chi connectivity index (χ0n) is 16.1. The maximum atomic E-state index is 13.5. The maximum Gasteiger partial charge on any atom is 0.236 e. The van der Waals surface area contributed by atoms with Crippen LogP contribution < -0.4 is 10.2 Å². The van der Waals surface area contributed by atoms with Crippen molar-refractivity contribution in [3.8, 4) is 0 Å². The van der Waals surface area contributed by atoms with E-state index in [2.05, 4.69) is 10.2 Å². The van der Waals surface area contributed by atoms with Gasteiger partial charge in [0, 0.05) is 18.1 Å². The molecule has 1 heterocycles. The molecule has 1 N–H and O–H groups in total. The van der Waals surface area contributed by atoms with E-state index >= 15 is 0 Å². The summed E-state index contributed by atoms with van der Waals surface area (Å²) < 4.78 is 5.46. The van der Waals surface area contributed by atoms with Crippen molar-refractivity contribution < 1.29 is 9.53 Å². The van der Waals surface area contributed by atoms with Crippen LogP contribution in [0.3, 0.4) is 0 Å². The number of amides is 1. The molecule has 1 aliphatic heterocycles. The van der Waals surface area contributed by atoms with Crippen LogP contribution >= 0.6 is 11.6 Å². The summed E-state index contributed by atoms with van der Waals surface area (Å²) >= 11 is 6.26. The first-order chi connectivity index (χ1) is 14.2. The fraction of sp³-hybridized carbons (Fsp3) is 0.208. The highest BCUT2D eigenvalue weighted by Gasteiger charge is 2.24. The number of halogens is 1. The van der Waals surface area contributed by atoms with Gasteiger partial charge in [-0.05, 0) is 29.3 Å². The Morgan fingerprint density at radius 2 is 1.48 bits per heavy atom. The molecular weight excluding hydrogens is 384 g/mol. The molecule has 0 spiro atoms. The molecule has 0 unspecified atom stereocenters. The molecule has 1 aliphatic rings. The summed E-state index contributed by atoms with van der Waals surface area (Å²) in [5, 5.41) is 3.73. The maximum absolute atomic E-state index is 13.5. The van der Waals surface area contributed by atoms with Gasteiger partial charge in [-0.1, -0.05) is 72.3 Å². The van der Waals surface area contributed by atoms with Crippen LogP contribution in [0.15, 0.2) is 78.9 Å². The van der Waals surface area contributed by atoms with Crippen molar-refractivity contribution >= 4 is 28.9 Å². The van der Waals surface area contributed by atoms with Crippen molar-refractivity contribution in [2.24, 2.45) is 0 Å². The van der Waals surface area contributed by atoms with Crippen LogP contribution in [0, 0.1) is 0 Å². The second kappa shape index (κ2) is 9.12. The number of hydrogen-bond acceptors (Lipinski definition) is 3. The minimum Gasteiger partial charge on any atom is -0.378 e. The Labute approximate surface area is 176 Å². The van der Waals surface area contributed by atoms with Crippen LogP contribution in [0.2, 0.25) is 5.02 Å². The van der Waals surface area contributed by atoms with Crippen LogP contribution in [0.1, 0.15) is 17.0 Å². The molecule has 148 valence electrons. The third-order valence-electron chi connectivity index (χ3n) is 5.10. The van der Waals surface area contributed by atoms with E-state index in [4.69, 9.17) is 16.3 Å². The van der Waals surface area contributed by atoms with Gasteiger partial charge in [-0.2, -0.15) is 0 Å². The van der Waals surface area contributed by atoms with Gasteiger partial charge in [-0.15, -0.1) is 0 Å². The van der Waals surface area contributed by atoms with Gasteiger partial charge in [0.1, 0.15) is 0 Å². The van der Waals surface area contributed by atoms with Crippen LogP contribution in [0.25, 0.3) is 0 Å². The molecule has 0 aliphatic carbocycles. The topological polar surface area (TPSA) is 41.6 Å². The number of morpholine rings is 1. The monoisotopic (exact) mass is 406 g/mol. The normalized spacial score (nSPS) is 14.1. The first-order valence-electron chi connectivity index (χ1n) is 9.75. The van der Waals surface area contributed by atoms with Crippen molar-refractivity contribution in [3.63, 3.8) is 0 Å². The van der Waals surface area contributed by atoms with E-state index in [1.807, 2.05) is 78.9 Å². The van der Waals surface area contributed by atoms with Crippen molar-refractivity contribution in [1.29, 1.82) is 0 Å². The quantitative estimate of drug-likeness (QED) is 0.652. The molecule has 0 saturated carbocycles. The Kier molecular flexibility index (Phi) is 6.13. The Balaban J connectivity index is 1.67. The summed E-state index contributed by atoms with van der Waals surface area (Å²) in [5.74, 6) is -0.493. The van der Waals surface area contributed by atoms with E-state index in [1.165, 1.54) is 0 Å². The van der Waals surface area contributed by atoms with Gasteiger partial charge in [-0.25, -0.2) is 0 Å². The average Bonchev–Trinajstić information content (AvgIpc) is 2.76. The predicted molar refractivity (Wildman–Crippen MR) is 118 cm³/mol. The third-order valence-corrected chi connectivity index (χ3v) is 5.33. The van der Waals surface area contributed by atoms with Crippen molar-refractivity contribution in [3.05, 3.63) is 95.0 Å². The zero-order chi connectivity index (χ0) is 20.1. The van der Waals surface area contributed by atoms with E-state index in [9.17, 15) is 4.79 Å². The molecular formula is C24H23ClN2O2. The molecule has 29 heavy (non-hydrogen) atoms. The van der Waals surface area contributed by atoms with E-state index in [0.29, 0.717) is 18.2 Å². The lowest BCUT2D eigenvalue weighted by Gasteiger charge is -2.31. The Hall–Kier alpha value is -2.82. The Morgan fingerprint density at radius 3 is 2.07 bits per heavy atom. The number of carbonyl (C=O) groups is 1. The molecule has 0 bridgehead atoms. The highest BCUT2D eigenvalue weighted by Crippen LogP contribution is 2.32. The average molecular weight is 407 g/mol. The lowest BCUT2D eigenvalue weighted by Crippen LogP contribution is -2.37. The highest BCUT2D eigenvalue weighted by molar-refractivity contribution is 6.31. The molecule has 4 rings (SSSR count). The third kappa shape index (κ3) is 4.61.